The Kier molecular flexibility index (Phi) is 7.91. The van der Waals surface area contributed by atoms with Gasteiger partial charge in [-0.1, -0.05) is 37.2 Å². The number of para-hydroxylation sites is 1. The summed E-state index contributed by atoms with van der Waals surface area (Å²) in [6.07, 6.45) is 2.39. The molecule has 2 heterocycles. The average molecular weight is 496 g/mol. The molecule has 3 amide bonds. The van der Waals surface area contributed by atoms with Crippen LogP contribution >= 0.6 is 11.8 Å². The van der Waals surface area contributed by atoms with E-state index in [0.717, 1.165) is 30.2 Å². The molecule has 0 saturated carbocycles. The summed E-state index contributed by atoms with van der Waals surface area (Å²) in [5.41, 5.74) is 1.87. The maximum atomic E-state index is 13.2. The number of unbranched alkanes of at least 4 members (excludes halogenated alkanes) is 1. The molecule has 0 spiro atoms. The Hall–Kier alpha value is -3.53. The molecule has 8 nitrogen and oxygen atoms in total. The molecular weight excluding hydrogens is 469 g/mol. The number of carbonyl (C=O) groups is 3. The van der Waals surface area contributed by atoms with Gasteiger partial charge in [-0.15, -0.1) is 0 Å². The minimum atomic E-state index is -0.688. The molecule has 2 aromatic rings. The van der Waals surface area contributed by atoms with Gasteiger partial charge in [0, 0.05) is 24.2 Å². The van der Waals surface area contributed by atoms with E-state index in [1.54, 1.807) is 0 Å². The highest BCUT2D eigenvalue weighted by atomic mass is 32.2. The Morgan fingerprint density at radius 1 is 1.11 bits per heavy atom. The van der Waals surface area contributed by atoms with Gasteiger partial charge >= 0.3 is 0 Å². The van der Waals surface area contributed by atoms with Crippen molar-refractivity contribution in [3.8, 4) is 0 Å². The van der Waals surface area contributed by atoms with Crippen molar-refractivity contribution in [3.63, 3.8) is 0 Å². The van der Waals surface area contributed by atoms with E-state index in [0.29, 0.717) is 35.3 Å². The number of thioether (sulfide) groups is 1. The Balaban J connectivity index is 1.44. The molecule has 35 heavy (non-hydrogen) atoms. The molecule has 1 unspecified atom stereocenters. The third-order valence-corrected chi connectivity index (χ3v) is 6.44. The molecule has 0 radical (unpaired) electrons. The first-order valence-electron chi connectivity index (χ1n) is 11.5. The fraction of sp³-hybridized carbons (Fsp3) is 0.320. The molecule has 0 fully saturated rings. The molecule has 2 N–H and O–H groups in total. The van der Waals surface area contributed by atoms with Crippen molar-refractivity contribution in [1.82, 2.24) is 10.2 Å². The van der Waals surface area contributed by atoms with Crippen LogP contribution in [0.5, 0.6) is 0 Å². The van der Waals surface area contributed by atoms with Crippen LogP contribution in [0.15, 0.2) is 58.5 Å². The first-order chi connectivity index (χ1) is 17.0. The van der Waals surface area contributed by atoms with E-state index in [9.17, 15) is 18.8 Å². The number of nitrogens with zero attached hydrogens (tertiary/aromatic N) is 3. The Bertz CT molecular complexity index is 1180. The maximum Gasteiger partial charge on any atom is 0.259 e. The van der Waals surface area contributed by atoms with Crippen LogP contribution in [0.25, 0.3) is 0 Å². The topological polar surface area (TPSA) is 103 Å². The second kappa shape index (κ2) is 11.3. The largest absolute Gasteiger partial charge is 0.356 e. The molecule has 2 aromatic carbocycles. The molecule has 0 aromatic heterocycles. The van der Waals surface area contributed by atoms with Gasteiger partial charge < -0.3 is 10.6 Å². The quantitative estimate of drug-likeness (QED) is 0.516. The van der Waals surface area contributed by atoms with Crippen molar-refractivity contribution in [2.75, 3.05) is 17.6 Å². The van der Waals surface area contributed by atoms with Crippen molar-refractivity contribution < 1.29 is 18.8 Å². The summed E-state index contributed by atoms with van der Waals surface area (Å²) in [7, 11) is 0. The SMILES string of the molecule is CCCCNC(=O)CCC1N=C2c3ccccc3N=C(SCC(=O)Nc3ccc(F)cc3)N2C1=O. The molecule has 2 aliphatic rings. The predicted octanol–water partition coefficient (Wildman–Crippen LogP) is 3.85. The Labute approximate surface area is 207 Å². The minimum Gasteiger partial charge on any atom is -0.356 e. The molecular formula is C25H26FN5O3S. The van der Waals surface area contributed by atoms with Gasteiger partial charge in [0.1, 0.15) is 17.7 Å². The lowest BCUT2D eigenvalue weighted by Gasteiger charge is -2.25. The van der Waals surface area contributed by atoms with Crippen LogP contribution in [0.2, 0.25) is 0 Å². The fourth-order valence-corrected chi connectivity index (χ4v) is 4.51. The number of rotatable bonds is 9. The summed E-state index contributed by atoms with van der Waals surface area (Å²) in [5.74, 6) is -0.578. The van der Waals surface area contributed by atoms with E-state index in [1.165, 1.54) is 29.2 Å². The number of halogens is 1. The summed E-state index contributed by atoms with van der Waals surface area (Å²) in [5, 5.41) is 5.92. The second-order valence-corrected chi connectivity index (χ2v) is 9.08. The maximum absolute atomic E-state index is 13.2. The zero-order chi connectivity index (χ0) is 24.8. The summed E-state index contributed by atoms with van der Waals surface area (Å²) >= 11 is 1.12. The first-order valence-corrected chi connectivity index (χ1v) is 12.5. The van der Waals surface area contributed by atoms with Crippen LogP contribution in [-0.2, 0) is 14.4 Å². The van der Waals surface area contributed by atoms with Gasteiger partial charge in [0.25, 0.3) is 5.91 Å². The number of hydrogen-bond acceptors (Lipinski definition) is 6. The number of amides is 3. The third-order valence-electron chi connectivity index (χ3n) is 5.51. The van der Waals surface area contributed by atoms with E-state index in [1.807, 2.05) is 24.3 Å². The molecule has 182 valence electrons. The van der Waals surface area contributed by atoms with Gasteiger partial charge in [-0.3, -0.25) is 19.4 Å². The van der Waals surface area contributed by atoms with Crippen LogP contribution in [0, 0.1) is 5.82 Å². The number of benzene rings is 2. The summed E-state index contributed by atoms with van der Waals surface area (Å²) in [6, 6.07) is 12.2. The zero-order valence-corrected chi connectivity index (χ0v) is 20.1. The highest BCUT2D eigenvalue weighted by Gasteiger charge is 2.41. The van der Waals surface area contributed by atoms with Gasteiger partial charge in [-0.05, 0) is 49.2 Å². The Morgan fingerprint density at radius 3 is 2.66 bits per heavy atom. The smallest absolute Gasteiger partial charge is 0.259 e. The highest BCUT2D eigenvalue weighted by Crippen LogP contribution is 2.34. The minimum absolute atomic E-state index is 0.0000617. The molecule has 0 aliphatic carbocycles. The van der Waals surface area contributed by atoms with Gasteiger partial charge in [0.2, 0.25) is 11.8 Å². The fourth-order valence-electron chi connectivity index (χ4n) is 3.71. The number of aliphatic imine (C=N–C) groups is 2. The normalized spacial score (nSPS) is 16.2. The van der Waals surface area contributed by atoms with Crippen LogP contribution in [0.1, 0.15) is 38.2 Å². The van der Waals surface area contributed by atoms with E-state index in [4.69, 9.17) is 0 Å². The average Bonchev–Trinajstić information content (AvgIpc) is 3.19. The zero-order valence-electron chi connectivity index (χ0n) is 19.3. The van der Waals surface area contributed by atoms with E-state index < -0.39 is 6.04 Å². The third kappa shape index (κ3) is 5.94. The van der Waals surface area contributed by atoms with Gasteiger partial charge in [0.15, 0.2) is 5.17 Å². The van der Waals surface area contributed by atoms with E-state index in [-0.39, 0.29) is 35.7 Å². The number of hydrogen-bond donors (Lipinski definition) is 2. The van der Waals surface area contributed by atoms with Crippen molar-refractivity contribution in [3.05, 3.63) is 59.9 Å². The number of carbonyl (C=O) groups excluding carboxylic acids is 3. The lowest BCUT2D eigenvalue weighted by Crippen LogP contribution is -2.41. The molecule has 2 aliphatic heterocycles. The molecule has 4 rings (SSSR count). The molecule has 0 bridgehead atoms. The van der Waals surface area contributed by atoms with E-state index in [2.05, 4.69) is 27.5 Å². The highest BCUT2D eigenvalue weighted by molar-refractivity contribution is 8.14. The summed E-state index contributed by atoms with van der Waals surface area (Å²) in [4.78, 5) is 48.5. The Morgan fingerprint density at radius 2 is 1.89 bits per heavy atom. The summed E-state index contributed by atoms with van der Waals surface area (Å²) < 4.78 is 13.1. The van der Waals surface area contributed by atoms with Gasteiger partial charge in [-0.2, -0.15) is 0 Å². The van der Waals surface area contributed by atoms with E-state index >= 15 is 0 Å². The van der Waals surface area contributed by atoms with Crippen molar-refractivity contribution >= 4 is 51.9 Å². The molecule has 0 saturated heterocycles. The first kappa shape index (κ1) is 24.6. The van der Waals surface area contributed by atoms with Gasteiger partial charge in [0.05, 0.1) is 11.4 Å². The van der Waals surface area contributed by atoms with Crippen LogP contribution in [0.3, 0.4) is 0 Å². The monoisotopic (exact) mass is 495 g/mol. The van der Waals surface area contributed by atoms with Gasteiger partial charge in [-0.25, -0.2) is 14.3 Å². The second-order valence-electron chi connectivity index (χ2n) is 8.14. The summed E-state index contributed by atoms with van der Waals surface area (Å²) in [6.45, 7) is 2.67. The lowest BCUT2D eigenvalue weighted by molar-refractivity contribution is -0.125. The number of fused-ring (bicyclic) bond motifs is 3. The van der Waals surface area contributed by atoms with Crippen molar-refractivity contribution in [2.24, 2.45) is 9.98 Å². The predicted molar refractivity (Wildman–Crippen MR) is 135 cm³/mol. The number of nitrogens with one attached hydrogen (secondary N) is 2. The van der Waals surface area contributed by atoms with Crippen molar-refractivity contribution in [1.29, 1.82) is 0 Å². The molecule has 10 heteroatoms. The lowest BCUT2D eigenvalue weighted by atomic mass is 10.1. The number of amidine groups is 2. The van der Waals surface area contributed by atoms with Crippen LogP contribution < -0.4 is 10.6 Å². The van der Waals surface area contributed by atoms with Crippen LogP contribution in [0.4, 0.5) is 15.8 Å². The van der Waals surface area contributed by atoms with Crippen molar-refractivity contribution in [2.45, 2.75) is 38.6 Å². The molecule has 1 atom stereocenters. The standard InChI is InChI=1S/C25H26FN5O3S/c1-2-3-14-27-21(32)13-12-20-24(34)31-23(29-20)18-6-4-5-7-19(18)30-25(31)35-15-22(33)28-17-10-8-16(26)9-11-17/h4-11,20H,2-3,12-15H2,1H3,(H,27,32)(H,28,33). The van der Waals surface area contributed by atoms with Crippen LogP contribution in [-0.4, -0.2) is 52.0 Å². The number of anilines is 1.